The van der Waals surface area contributed by atoms with Crippen molar-refractivity contribution in [2.45, 2.75) is 70.6 Å². The Hall–Kier alpha value is -5.17. The predicted octanol–water partition coefficient (Wildman–Crippen LogP) is 6.80. The Kier molecular flexibility index (Phi) is 9.45. The lowest BCUT2D eigenvalue weighted by molar-refractivity contribution is -0.124. The molecule has 0 spiro atoms. The third-order valence-electron chi connectivity index (χ3n) is 11.3. The summed E-state index contributed by atoms with van der Waals surface area (Å²) in [6, 6.07) is 10.2. The van der Waals surface area contributed by atoms with Crippen LogP contribution in [0, 0.1) is 25.5 Å². The van der Waals surface area contributed by atoms with Crippen LogP contribution in [-0.2, 0) is 11.2 Å². The topological polar surface area (TPSA) is 100 Å². The van der Waals surface area contributed by atoms with E-state index in [1.807, 2.05) is 44.9 Å². The summed E-state index contributed by atoms with van der Waals surface area (Å²) in [5.41, 5.74) is 2.03. The largest absolute Gasteiger partial charge is 0.461 e. The van der Waals surface area contributed by atoms with E-state index in [1.165, 1.54) is 12.1 Å². The minimum atomic E-state index is -0.935. The van der Waals surface area contributed by atoms with E-state index in [1.54, 1.807) is 35.4 Å². The number of aromatic nitrogens is 5. The normalized spacial score (nSPS) is 21.5. The Balaban J connectivity index is 1.15. The lowest BCUT2D eigenvalue weighted by Crippen LogP contribution is -2.43. The maximum Gasteiger partial charge on any atom is 0.319 e. The number of nitrogens with zero attached hydrogens (tertiary/aromatic N) is 8. The molecule has 280 valence electrons. The summed E-state index contributed by atoms with van der Waals surface area (Å²) in [7, 11) is 1.86. The molecule has 0 aliphatic carbocycles. The molecule has 3 fully saturated rings. The van der Waals surface area contributed by atoms with Gasteiger partial charge in [0, 0.05) is 62.7 Å². The number of carbonyl (C=O) groups is 1. The van der Waals surface area contributed by atoms with Crippen LogP contribution < -0.4 is 9.64 Å². The van der Waals surface area contributed by atoms with Crippen molar-refractivity contribution in [3.63, 3.8) is 0 Å². The van der Waals surface area contributed by atoms with Gasteiger partial charge < -0.3 is 14.5 Å². The Labute approximate surface area is 312 Å². The predicted molar refractivity (Wildman–Crippen MR) is 202 cm³/mol. The van der Waals surface area contributed by atoms with Crippen LogP contribution in [0.2, 0.25) is 0 Å². The Morgan fingerprint density at radius 3 is 2.76 bits per heavy atom. The van der Waals surface area contributed by atoms with Gasteiger partial charge in [0.2, 0.25) is 5.91 Å². The molecule has 3 aromatic heterocycles. The molecule has 0 bridgehead atoms. The van der Waals surface area contributed by atoms with Crippen molar-refractivity contribution in [2.75, 3.05) is 44.7 Å². The standard InChI is InChI=1S/C41H43F3N8O2/c1-5-30-33(43)12-10-26-8-6-9-31(35(26)30)37-36(44)38-32(20-45-37)39(49-40(48-38)54-23-41-15-7-16-52(41)21-27(42)19-41)50(4)29-14-17-51(22-29)34(53)13-11-28-18-24(2)46-25(3)47-28/h6,8-13,18,20,27,29H,5,7,14-17,19,21-23H2,1-4H3/b13-11+/t27-,29-,41+/m1/s1. The van der Waals surface area contributed by atoms with E-state index in [2.05, 4.69) is 24.8 Å². The van der Waals surface area contributed by atoms with Gasteiger partial charge in [-0.2, -0.15) is 9.97 Å². The molecule has 6 heterocycles. The second-order valence-corrected chi connectivity index (χ2v) is 14.8. The van der Waals surface area contributed by atoms with Crippen LogP contribution in [0.25, 0.3) is 39.0 Å². The third kappa shape index (κ3) is 6.52. The number of benzene rings is 2. The van der Waals surface area contributed by atoms with Crippen molar-refractivity contribution in [1.29, 1.82) is 0 Å². The fourth-order valence-electron chi connectivity index (χ4n) is 8.69. The zero-order valence-corrected chi connectivity index (χ0v) is 31.0. The highest BCUT2D eigenvalue weighted by atomic mass is 19.1. The zero-order valence-electron chi connectivity index (χ0n) is 31.0. The number of anilines is 1. The molecule has 0 radical (unpaired) electrons. The maximum absolute atomic E-state index is 17.0. The number of hydrogen-bond acceptors (Lipinski definition) is 9. The summed E-state index contributed by atoms with van der Waals surface area (Å²) in [5.74, 6) is -0.141. The third-order valence-corrected chi connectivity index (χ3v) is 11.3. The quantitative estimate of drug-likeness (QED) is 0.151. The van der Waals surface area contributed by atoms with Crippen LogP contribution in [0.3, 0.4) is 0 Å². The van der Waals surface area contributed by atoms with Crippen LogP contribution in [0.4, 0.5) is 19.0 Å². The molecule has 1 amide bonds. The number of likely N-dealkylation sites (tertiary alicyclic amines) is 1. The summed E-state index contributed by atoms with van der Waals surface area (Å²) in [6.07, 6.45) is 7.01. The lowest BCUT2D eigenvalue weighted by atomic mass is 9.95. The molecule has 8 rings (SSSR count). The molecule has 3 atom stereocenters. The number of ether oxygens (including phenoxy) is 1. The average molecular weight is 737 g/mol. The van der Waals surface area contributed by atoms with Crippen molar-refractivity contribution >= 4 is 39.5 Å². The number of halogens is 3. The van der Waals surface area contributed by atoms with E-state index in [-0.39, 0.29) is 41.6 Å². The fourth-order valence-corrected chi connectivity index (χ4v) is 8.69. The van der Waals surface area contributed by atoms with Gasteiger partial charge in [-0.1, -0.05) is 31.2 Å². The van der Waals surface area contributed by atoms with Gasteiger partial charge in [0.05, 0.1) is 16.6 Å². The van der Waals surface area contributed by atoms with Crippen LogP contribution in [0.15, 0.2) is 48.7 Å². The van der Waals surface area contributed by atoms with Gasteiger partial charge >= 0.3 is 6.01 Å². The first-order valence-corrected chi connectivity index (χ1v) is 18.6. The van der Waals surface area contributed by atoms with Crippen LogP contribution in [0.1, 0.15) is 55.4 Å². The molecule has 3 saturated heterocycles. The molecule has 0 saturated carbocycles. The molecule has 0 unspecified atom stereocenters. The summed E-state index contributed by atoms with van der Waals surface area (Å²) >= 11 is 0. The van der Waals surface area contributed by atoms with E-state index >= 15 is 8.78 Å². The highest BCUT2D eigenvalue weighted by molar-refractivity contribution is 6.01. The summed E-state index contributed by atoms with van der Waals surface area (Å²) < 4.78 is 53.0. The molecule has 13 heteroatoms. The Bertz CT molecular complexity index is 2280. The molecular formula is C41H43F3N8O2. The first-order valence-electron chi connectivity index (χ1n) is 18.6. The van der Waals surface area contributed by atoms with Crippen molar-refractivity contribution in [3.8, 4) is 17.3 Å². The first kappa shape index (κ1) is 35.8. The highest BCUT2D eigenvalue weighted by Gasteiger charge is 2.49. The van der Waals surface area contributed by atoms with E-state index in [0.717, 1.165) is 30.5 Å². The van der Waals surface area contributed by atoms with Crippen molar-refractivity contribution in [3.05, 3.63) is 83.1 Å². The molecular weight excluding hydrogens is 693 g/mol. The fraction of sp³-hybridized carbons (Fsp3) is 0.415. The van der Waals surface area contributed by atoms with Gasteiger partial charge in [-0.25, -0.2) is 23.1 Å². The number of carbonyl (C=O) groups excluding carboxylic acids is 1. The molecule has 0 N–H and O–H groups in total. The summed E-state index contributed by atoms with van der Waals surface area (Å²) in [5, 5.41) is 1.75. The molecule has 5 aromatic rings. The van der Waals surface area contributed by atoms with E-state index in [0.29, 0.717) is 78.1 Å². The van der Waals surface area contributed by atoms with Crippen molar-refractivity contribution in [2.24, 2.45) is 0 Å². The van der Waals surface area contributed by atoms with Crippen LogP contribution in [0.5, 0.6) is 6.01 Å². The minimum Gasteiger partial charge on any atom is -0.461 e. The smallest absolute Gasteiger partial charge is 0.319 e. The number of likely N-dealkylation sites (N-methyl/N-ethyl adjacent to an activating group) is 1. The average Bonchev–Trinajstić information content (AvgIpc) is 3.87. The van der Waals surface area contributed by atoms with Crippen LogP contribution >= 0.6 is 0 Å². The van der Waals surface area contributed by atoms with Gasteiger partial charge in [0.25, 0.3) is 0 Å². The van der Waals surface area contributed by atoms with E-state index in [4.69, 9.17) is 9.72 Å². The Morgan fingerprint density at radius 1 is 1.09 bits per heavy atom. The number of hydrogen-bond donors (Lipinski definition) is 0. The number of aryl methyl sites for hydroxylation is 3. The van der Waals surface area contributed by atoms with Gasteiger partial charge in [0.1, 0.15) is 41.4 Å². The van der Waals surface area contributed by atoms with Crippen LogP contribution in [-0.4, -0.2) is 98.2 Å². The van der Waals surface area contributed by atoms with Gasteiger partial charge in [-0.3, -0.25) is 14.7 Å². The number of fused-ring (bicyclic) bond motifs is 3. The second kappa shape index (κ2) is 14.2. The second-order valence-electron chi connectivity index (χ2n) is 14.8. The highest BCUT2D eigenvalue weighted by Crippen LogP contribution is 2.41. The minimum absolute atomic E-state index is 0.0122. The van der Waals surface area contributed by atoms with Gasteiger partial charge in [-0.15, -0.1) is 0 Å². The number of rotatable bonds is 9. The van der Waals surface area contributed by atoms with E-state index in [9.17, 15) is 9.18 Å². The van der Waals surface area contributed by atoms with Crippen molar-refractivity contribution < 1.29 is 22.7 Å². The van der Waals surface area contributed by atoms with Crippen molar-refractivity contribution in [1.82, 2.24) is 34.7 Å². The number of amides is 1. The lowest BCUT2D eigenvalue weighted by Gasteiger charge is -2.31. The Morgan fingerprint density at radius 2 is 1.94 bits per heavy atom. The first-order chi connectivity index (χ1) is 26.0. The van der Waals surface area contributed by atoms with Gasteiger partial charge in [-0.05, 0) is 80.6 Å². The zero-order chi connectivity index (χ0) is 37.7. The molecule has 10 nitrogen and oxygen atoms in total. The number of alkyl halides is 1. The number of pyridine rings is 1. The summed E-state index contributed by atoms with van der Waals surface area (Å²) in [6.45, 7) is 7.84. The summed E-state index contributed by atoms with van der Waals surface area (Å²) in [4.78, 5) is 41.9. The molecule has 3 aliphatic heterocycles. The molecule has 54 heavy (non-hydrogen) atoms. The molecule has 2 aromatic carbocycles. The maximum atomic E-state index is 17.0. The SMILES string of the molecule is CCc1c(F)ccc2cccc(-c3ncc4c(N(C)[C@@H]5CCN(C(=O)/C=C/c6cc(C)nc(C)n6)C5)nc(OC[C@@]56CCCN5C[C@H](F)C6)nc4c3F)c12. The van der Waals surface area contributed by atoms with E-state index < -0.39 is 17.5 Å². The monoisotopic (exact) mass is 736 g/mol. The van der Waals surface area contributed by atoms with Gasteiger partial charge in [0.15, 0.2) is 5.82 Å². The molecule has 3 aliphatic rings.